The molecular formula is C11H14ClFN2O2. The van der Waals surface area contributed by atoms with Crippen LogP contribution in [0.25, 0.3) is 0 Å². The Hall–Kier alpha value is -1.33. The van der Waals surface area contributed by atoms with Crippen molar-refractivity contribution in [2.45, 2.75) is 18.9 Å². The number of nitrogens with two attached hydrogens (primary N) is 2. The summed E-state index contributed by atoms with van der Waals surface area (Å²) in [7, 11) is 1.26. The molecule has 0 aliphatic heterocycles. The van der Waals surface area contributed by atoms with Crippen LogP contribution in [0.1, 0.15) is 18.9 Å². The molecule has 17 heavy (non-hydrogen) atoms. The molecule has 94 valence electrons. The van der Waals surface area contributed by atoms with E-state index in [1.54, 1.807) is 6.92 Å². The first kappa shape index (κ1) is 13.7. The van der Waals surface area contributed by atoms with Gasteiger partial charge < -0.3 is 16.2 Å². The van der Waals surface area contributed by atoms with Gasteiger partial charge in [-0.25, -0.2) is 4.39 Å². The molecule has 1 rings (SSSR count). The number of ether oxygens (including phenoxy) is 1. The standard InChI is InChI=1S/C11H14ClFN2O2/c1-11(15,5-8(16)17-2)6-3-4-7(13)10(14)9(6)12/h3-4H,5,14-15H2,1-2H3/t11-/m0/s1. The van der Waals surface area contributed by atoms with Gasteiger partial charge >= 0.3 is 5.97 Å². The van der Waals surface area contributed by atoms with E-state index in [4.69, 9.17) is 23.1 Å². The molecule has 1 atom stereocenters. The minimum Gasteiger partial charge on any atom is -0.469 e. The quantitative estimate of drug-likeness (QED) is 0.642. The smallest absolute Gasteiger partial charge is 0.307 e. The Balaban J connectivity index is 3.15. The summed E-state index contributed by atoms with van der Waals surface area (Å²) in [6, 6.07) is 2.58. The summed E-state index contributed by atoms with van der Waals surface area (Å²) < 4.78 is 17.7. The van der Waals surface area contributed by atoms with Crippen molar-refractivity contribution in [1.82, 2.24) is 0 Å². The van der Waals surface area contributed by atoms with Crippen LogP contribution in [-0.4, -0.2) is 13.1 Å². The fourth-order valence-corrected chi connectivity index (χ4v) is 1.85. The molecule has 0 heterocycles. The fraction of sp³-hybridized carbons (Fsp3) is 0.364. The maximum absolute atomic E-state index is 13.1. The number of anilines is 1. The highest BCUT2D eigenvalue weighted by atomic mass is 35.5. The maximum atomic E-state index is 13.1. The zero-order valence-electron chi connectivity index (χ0n) is 9.59. The second-order valence-corrected chi connectivity index (χ2v) is 4.37. The number of methoxy groups -OCH3 is 1. The van der Waals surface area contributed by atoms with Gasteiger partial charge in [0.15, 0.2) is 0 Å². The highest BCUT2D eigenvalue weighted by Gasteiger charge is 2.29. The Morgan fingerprint density at radius 3 is 2.71 bits per heavy atom. The molecule has 4 N–H and O–H groups in total. The number of hydrogen-bond donors (Lipinski definition) is 2. The van der Waals surface area contributed by atoms with Crippen molar-refractivity contribution in [3.8, 4) is 0 Å². The summed E-state index contributed by atoms with van der Waals surface area (Å²) in [4.78, 5) is 11.2. The van der Waals surface area contributed by atoms with Crippen LogP contribution in [0.3, 0.4) is 0 Å². The number of nitrogen functional groups attached to an aromatic ring is 1. The SMILES string of the molecule is COC(=O)C[C@](C)(N)c1ccc(F)c(N)c1Cl. The number of carbonyl (C=O) groups is 1. The second-order valence-electron chi connectivity index (χ2n) is 3.99. The molecule has 0 unspecified atom stereocenters. The van der Waals surface area contributed by atoms with Crippen LogP contribution in [0.4, 0.5) is 10.1 Å². The molecule has 0 saturated carbocycles. The van der Waals surface area contributed by atoms with Gasteiger partial charge in [0.25, 0.3) is 0 Å². The average molecular weight is 261 g/mol. The molecule has 0 fully saturated rings. The first-order valence-electron chi connectivity index (χ1n) is 4.89. The van der Waals surface area contributed by atoms with Crippen molar-refractivity contribution in [2.75, 3.05) is 12.8 Å². The summed E-state index contributed by atoms with van der Waals surface area (Å²) in [6.45, 7) is 1.60. The predicted molar refractivity (Wildman–Crippen MR) is 64.0 cm³/mol. The van der Waals surface area contributed by atoms with Crippen LogP contribution in [0.15, 0.2) is 12.1 Å². The van der Waals surface area contributed by atoms with Crippen LogP contribution in [-0.2, 0) is 15.1 Å². The zero-order chi connectivity index (χ0) is 13.2. The van der Waals surface area contributed by atoms with Gasteiger partial charge in [-0.1, -0.05) is 17.7 Å². The highest BCUT2D eigenvalue weighted by Crippen LogP contribution is 2.34. The van der Waals surface area contributed by atoms with Gasteiger partial charge in [-0.05, 0) is 18.6 Å². The summed E-state index contributed by atoms with van der Waals surface area (Å²) >= 11 is 5.91. The van der Waals surface area contributed by atoms with Crippen molar-refractivity contribution in [3.05, 3.63) is 28.5 Å². The molecule has 4 nitrogen and oxygen atoms in total. The molecule has 0 aliphatic rings. The molecule has 0 aliphatic carbocycles. The Kier molecular flexibility index (Phi) is 3.95. The summed E-state index contributed by atoms with van der Waals surface area (Å²) in [6.07, 6.45) is -0.0751. The lowest BCUT2D eigenvalue weighted by Crippen LogP contribution is -2.36. The van der Waals surface area contributed by atoms with Crippen molar-refractivity contribution >= 4 is 23.3 Å². The van der Waals surface area contributed by atoms with Crippen molar-refractivity contribution in [1.29, 1.82) is 0 Å². The normalized spacial score (nSPS) is 14.2. The Morgan fingerprint density at radius 1 is 1.59 bits per heavy atom. The molecule has 0 amide bonds. The van der Waals surface area contributed by atoms with E-state index in [1.807, 2.05) is 0 Å². The van der Waals surface area contributed by atoms with E-state index in [2.05, 4.69) is 4.74 Å². The number of carbonyl (C=O) groups excluding carboxylic acids is 1. The molecule has 0 spiro atoms. The van der Waals surface area contributed by atoms with Crippen molar-refractivity contribution in [3.63, 3.8) is 0 Å². The zero-order valence-corrected chi connectivity index (χ0v) is 10.3. The number of benzene rings is 1. The topological polar surface area (TPSA) is 78.3 Å². The van der Waals surface area contributed by atoms with E-state index >= 15 is 0 Å². The monoisotopic (exact) mass is 260 g/mol. The third-order valence-electron chi connectivity index (χ3n) is 2.48. The minimum atomic E-state index is -1.06. The van der Waals surface area contributed by atoms with E-state index in [9.17, 15) is 9.18 Å². The summed E-state index contributed by atoms with van der Waals surface area (Å²) in [5.41, 5.74) is 10.6. The molecule has 0 saturated heterocycles. The first-order chi connectivity index (χ1) is 7.79. The van der Waals surface area contributed by atoms with Gasteiger partial charge in [-0.2, -0.15) is 0 Å². The lowest BCUT2D eigenvalue weighted by Gasteiger charge is -2.25. The van der Waals surface area contributed by atoms with Crippen LogP contribution < -0.4 is 11.5 Å². The molecule has 0 aromatic heterocycles. The number of esters is 1. The lowest BCUT2D eigenvalue weighted by molar-refractivity contribution is -0.141. The van der Waals surface area contributed by atoms with Crippen LogP contribution in [0, 0.1) is 5.82 Å². The maximum Gasteiger partial charge on any atom is 0.307 e. The van der Waals surface area contributed by atoms with Crippen molar-refractivity contribution in [2.24, 2.45) is 5.73 Å². The van der Waals surface area contributed by atoms with Crippen LogP contribution in [0.5, 0.6) is 0 Å². The molecule has 0 bridgehead atoms. The van der Waals surface area contributed by atoms with Crippen LogP contribution >= 0.6 is 11.6 Å². The van der Waals surface area contributed by atoms with E-state index < -0.39 is 17.3 Å². The number of halogens is 2. The molecule has 1 aromatic carbocycles. The van der Waals surface area contributed by atoms with Crippen LogP contribution in [0.2, 0.25) is 5.02 Å². The van der Waals surface area contributed by atoms with E-state index in [1.165, 1.54) is 19.2 Å². The Bertz CT molecular complexity index is 449. The third-order valence-corrected chi connectivity index (χ3v) is 2.89. The number of rotatable bonds is 3. The summed E-state index contributed by atoms with van der Waals surface area (Å²) in [5.74, 6) is -1.10. The lowest BCUT2D eigenvalue weighted by atomic mass is 9.89. The van der Waals surface area contributed by atoms with Crippen molar-refractivity contribution < 1.29 is 13.9 Å². The first-order valence-corrected chi connectivity index (χ1v) is 5.27. The molecular weight excluding hydrogens is 247 g/mol. The molecule has 6 heteroatoms. The Labute approximate surface area is 104 Å². The van der Waals surface area contributed by atoms with Gasteiger partial charge in [0.1, 0.15) is 5.82 Å². The largest absolute Gasteiger partial charge is 0.469 e. The van der Waals surface area contributed by atoms with Gasteiger partial charge in [-0.15, -0.1) is 0 Å². The van der Waals surface area contributed by atoms with Gasteiger partial charge in [0, 0.05) is 0 Å². The van der Waals surface area contributed by atoms with Gasteiger partial charge in [-0.3, -0.25) is 4.79 Å². The second kappa shape index (κ2) is 4.89. The Morgan fingerprint density at radius 2 is 2.18 bits per heavy atom. The van der Waals surface area contributed by atoms with E-state index in [0.29, 0.717) is 5.56 Å². The average Bonchev–Trinajstić information content (AvgIpc) is 2.24. The summed E-state index contributed by atoms with van der Waals surface area (Å²) in [5, 5.41) is 0.0268. The number of hydrogen-bond acceptors (Lipinski definition) is 4. The minimum absolute atomic E-state index is 0.0268. The fourth-order valence-electron chi connectivity index (χ4n) is 1.48. The van der Waals surface area contributed by atoms with E-state index in [0.717, 1.165) is 0 Å². The van der Waals surface area contributed by atoms with Gasteiger partial charge in [0.05, 0.1) is 29.8 Å². The molecule has 0 radical (unpaired) electrons. The van der Waals surface area contributed by atoms with Gasteiger partial charge in [0.2, 0.25) is 0 Å². The molecule has 1 aromatic rings. The predicted octanol–water partition coefficient (Wildman–Crippen LogP) is 1.80. The third kappa shape index (κ3) is 2.87. The highest BCUT2D eigenvalue weighted by molar-refractivity contribution is 6.34. The van der Waals surface area contributed by atoms with E-state index in [-0.39, 0.29) is 17.1 Å².